The number of carbonyl (C=O) groups excluding carboxylic acids is 1. The van der Waals surface area contributed by atoms with Gasteiger partial charge in [0.1, 0.15) is 5.75 Å². The Balaban J connectivity index is 1.96. The van der Waals surface area contributed by atoms with E-state index in [1.165, 1.54) is 0 Å². The minimum Gasteiger partial charge on any atom is -0.491 e. The van der Waals surface area contributed by atoms with Crippen LogP contribution < -0.4 is 10.5 Å². The van der Waals surface area contributed by atoms with Crippen LogP contribution in [-0.4, -0.2) is 36.5 Å². The van der Waals surface area contributed by atoms with Crippen LogP contribution in [0.2, 0.25) is 0 Å². The molecule has 2 N–H and O–H groups in total. The number of ether oxygens (including phenoxy) is 1. The molecular formula is C17H26N2O2. The fourth-order valence-corrected chi connectivity index (χ4v) is 2.73. The molecule has 0 saturated carbocycles. The first-order valence-corrected chi connectivity index (χ1v) is 7.84. The van der Waals surface area contributed by atoms with Gasteiger partial charge < -0.3 is 15.4 Å². The van der Waals surface area contributed by atoms with Gasteiger partial charge in [0.15, 0.2) is 0 Å². The molecule has 0 radical (unpaired) electrons. The van der Waals surface area contributed by atoms with Crippen molar-refractivity contribution in [1.82, 2.24) is 4.90 Å². The number of benzene rings is 1. The third kappa shape index (κ3) is 4.46. The molecule has 116 valence electrons. The third-order valence-electron chi connectivity index (χ3n) is 3.83. The van der Waals surface area contributed by atoms with Crippen LogP contribution in [0.15, 0.2) is 24.3 Å². The first kappa shape index (κ1) is 15.8. The maximum absolute atomic E-state index is 12.4. The Morgan fingerprint density at radius 3 is 2.38 bits per heavy atom. The second-order valence-electron chi connectivity index (χ2n) is 5.98. The lowest BCUT2D eigenvalue weighted by atomic mass is 9.98. The average Bonchev–Trinajstić information content (AvgIpc) is 2.99. The fourth-order valence-electron chi connectivity index (χ4n) is 2.73. The molecule has 1 amide bonds. The molecule has 21 heavy (non-hydrogen) atoms. The second-order valence-corrected chi connectivity index (χ2v) is 5.98. The van der Waals surface area contributed by atoms with Crippen LogP contribution in [0.4, 0.5) is 0 Å². The number of likely N-dealkylation sites (tertiary alicyclic amines) is 1. The van der Waals surface area contributed by atoms with Crippen molar-refractivity contribution < 1.29 is 9.53 Å². The van der Waals surface area contributed by atoms with E-state index in [0.717, 1.165) is 37.2 Å². The van der Waals surface area contributed by atoms with E-state index in [4.69, 9.17) is 10.5 Å². The van der Waals surface area contributed by atoms with Gasteiger partial charge in [0, 0.05) is 19.6 Å². The Labute approximate surface area is 127 Å². The molecule has 1 aromatic carbocycles. The van der Waals surface area contributed by atoms with E-state index in [0.29, 0.717) is 13.0 Å². The second kappa shape index (κ2) is 7.46. The van der Waals surface area contributed by atoms with Gasteiger partial charge in [-0.05, 0) is 50.8 Å². The number of hydrogen-bond acceptors (Lipinski definition) is 3. The SMILES string of the molecule is CC(C)Oc1ccc(CC(CN)C(=O)N2CCCC2)cc1. The van der Waals surface area contributed by atoms with Crippen LogP contribution in [0.5, 0.6) is 5.75 Å². The predicted molar refractivity (Wildman–Crippen MR) is 84.3 cm³/mol. The summed E-state index contributed by atoms with van der Waals surface area (Å²) in [6, 6.07) is 7.97. The van der Waals surface area contributed by atoms with Gasteiger partial charge >= 0.3 is 0 Å². The molecule has 4 heteroatoms. The molecule has 1 aliphatic rings. The van der Waals surface area contributed by atoms with Crippen LogP contribution in [-0.2, 0) is 11.2 Å². The summed E-state index contributed by atoms with van der Waals surface area (Å²) in [6.07, 6.45) is 3.10. The van der Waals surface area contributed by atoms with Gasteiger partial charge in [0.25, 0.3) is 0 Å². The molecule has 1 aromatic rings. The molecule has 0 spiro atoms. The molecule has 1 aliphatic heterocycles. The minimum atomic E-state index is -0.111. The largest absolute Gasteiger partial charge is 0.491 e. The normalized spacial score (nSPS) is 16.3. The van der Waals surface area contributed by atoms with Gasteiger partial charge in [-0.3, -0.25) is 4.79 Å². The lowest BCUT2D eigenvalue weighted by Crippen LogP contribution is -2.38. The minimum absolute atomic E-state index is 0.111. The van der Waals surface area contributed by atoms with Gasteiger partial charge in [0.2, 0.25) is 5.91 Å². The topological polar surface area (TPSA) is 55.6 Å². The highest BCUT2D eigenvalue weighted by Gasteiger charge is 2.25. The van der Waals surface area contributed by atoms with Crippen molar-refractivity contribution >= 4 is 5.91 Å². The number of nitrogens with zero attached hydrogens (tertiary/aromatic N) is 1. The first-order valence-electron chi connectivity index (χ1n) is 7.84. The van der Waals surface area contributed by atoms with Crippen molar-refractivity contribution in [1.29, 1.82) is 0 Å². The molecule has 1 fully saturated rings. The van der Waals surface area contributed by atoms with Crippen molar-refractivity contribution in [2.24, 2.45) is 11.7 Å². The molecule has 1 heterocycles. The highest BCUT2D eigenvalue weighted by atomic mass is 16.5. The zero-order valence-electron chi connectivity index (χ0n) is 13.0. The summed E-state index contributed by atoms with van der Waals surface area (Å²) in [7, 11) is 0. The Morgan fingerprint density at radius 1 is 1.24 bits per heavy atom. The van der Waals surface area contributed by atoms with Crippen LogP contribution in [0.3, 0.4) is 0 Å². The van der Waals surface area contributed by atoms with Gasteiger partial charge in [-0.2, -0.15) is 0 Å². The van der Waals surface area contributed by atoms with Crippen molar-refractivity contribution in [3.05, 3.63) is 29.8 Å². The summed E-state index contributed by atoms with van der Waals surface area (Å²) in [5, 5.41) is 0. The quantitative estimate of drug-likeness (QED) is 0.874. The summed E-state index contributed by atoms with van der Waals surface area (Å²) in [5.74, 6) is 0.960. The molecule has 0 aromatic heterocycles. The van der Waals surface area contributed by atoms with E-state index in [1.807, 2.05) is 43.0 Å². The Bertz CT molecular complexity index is 450. The van der Waals surface area contributed by atoms with Crippen LogP contribution in [0.1, 0.15) is 32.3 Å². The Kier molecular flexibility index (Phi) is 5.62. The zero-order chi connectivity index (χ0) is 15.2. The maximum Gasteiger partial charge on any atom is 0.227 e. The van der Waals surface area contributed by atoms with E-state index in [-0.39, 0.29) is 17.9 Å². The number of amides is 1. The number of rotatable bonds is 6. The molecule has 0 aliphatic carbocycles. The van der Waals surface area contributed by atoms with Gasteiger partial charge in [-0.15, -0.1) is 0 Å². The van der Waals surface area contributed by atoms with Crippen molar-refractivity contribution in [2.75, 3.05) is 19.6 Å². The standard InChI is InChI=1S/C17H26N2O2/c1-13(2)21-16-7-5-14(6-8-16)11-15(12-18)17(20)19-9-3-4-10-19/h5-8,13,15H,3-4,9-12,18H2,1-2H3. The lowest BCUT2D eigenvalue weighted by molar-refractivity contribution is -0.134. The van der Waals surface area contributed by atoms with Gasteiger partial charge in [-0.1, -0.05) is 12.1 Å². The smallest absolute Gasteiger partial charge is 0.227 e. The zero-order valence-corrected chi connectivity index (χ0v) is 13.0. The summed E-state index contributed by atoms with van der Waals surface area (Å²) in [5.41, 5.74) is 6.95. The lowest BCUT2D eigenvalue weighted by Gasteiger charge is -2.22. The Morgan fingerprint density at radius 2 is 1.86 bits per heavy atom. The molecule has 0 bridgehead atoms. The molecule has 4 nitrogen and oxygen atoms in total. The van der Waals surface area contributed by atoms with E-state index in [9.17, 15) is 4.79 Å². The van der Waals surface area contributed by atoms with Crippen molar-refractivity contribution in [3.8, 4) is 5.75 Å². The summed E-state index contributed by atoms with van der Waals surface area (Å²) < 4.78 is 5.63. The third-order valence-corrected chi connectivity index (χ3v) is 3.83. The molecule has 1 atom stereocenters. The van der Waals surface area contributed by atoms with Crippen molar-refractivity contribution in [3.63, 3.8) is 0 Å². The molecular weight excluding hydrogens is 264 g/mol. The van der Waals surface area contributed by atoms with E-state index in [1.54, 1.807) is 0 Å². The first-order chi connectivity index (χ1) is 10.1. The Hall–Kier alpha value is -1.55. The van der Waals surface area contributed by atoms with Gasteiger partial charge in [-0.25, -0.2) is 0 Å². The monoisotopic (exact) mass is 290 g/mol. The summed E-state index contributed by atoms with van der Waals surface area (Å²) >= 11 is 0. The predicted octanol–water partition coefficient (Wildman–Crippen LogP) is 2.21. The number of nitrogens with two attached hydrogens (primary N) is 1. The van der Waals surface area contributed by atoms with E-state index in [2.05, 4.69) is 0 Å². The fraction of sp³-hybridized carbons (Fsp3) is 0.588. The van der Waals surface area contributed by atoms with Crippen LogP contribution in [0.25, 0.3) is 0 Å². The maximum atomic E-state index is 12.4. The highest BCUT2D eigenvalue weighted by Crippen LogP contribution is 2.18. The van der Waals surface area contributed by atoms with Gasteiger partial charge in [0.05, 0.1) is 12.0 Å². The van der Waals surface area contributed by atoms with E-state index < -0.39 is 0 Å². The van der Waals surface area contributed by atoms with Crippen LogP contribution in [0, 0.1) is 5.92 Å². The summed E-state index contributed by atoms with van der Waals surface area (Å²) in [6.45, 7) is 6.19. The average molecular weight is 290 g/mol. The van der Waals surface area contributed by atoms with Crippen LogP contribution >= 0.6 is 0 Å². The molecule has 2 rings (SSSR count). The highest BCUT2D eigenvalue weighted by molar-refractivity contribution is 5.79. The molecule has 1 unspecified atom stereocenters. The number of hydrogen-bond donors (Lipinski definition) is 1. The molecule has 1 saturated heterocycles. The van der Waals surface area contributed by atoms with E-state index >= 15 is 0 Å². The number of carbonyl (C=O) groups is 1. The summed E-state index contributed by atoms with van der Waals surface area (Å²) in [4.78, 5) is 14.4. The van der Waals surface area contributed by atoms with Crippen molar-refractivity contribution in [2.45, 2.75) is 39.2 Å².